The molecule has 0 fully saturated rings. The van der Waals surface area contributed by atoms with Crippen LogP contribution in [0.15, 0.2) is 30.3 Å². The van der Waals surface area contributed by atoms with Gasteiger partial charge in [-0.25, -0.2) is 4.79 Å². The summed E-state index contributed by atoms with van der Waals surface area (Å²) in [6.45, 7) is 10.7. The molecule has 0 bridgehead atoms. The quantitative estimate of drug-likeness (QED) is 0.719. The number of carbonyl (C=O) groups is 2. The Labute approximate surface area is 151 Å². The van der Waals surface area contributed by atoms with Crippen LogP contribution in [0.3, 0.4) is 0 Å². The van der Waals surface area contributed by atoms with Crippen LogP contribution >= 0.6 is 0 Å². The number of benzene rings is 1. The monoisotopic (exact) mass is 348 g/mol. The van der Waals surface area contributed by atoms with Gasteiger partial charge in [0.2, 0.25) is 5.91 Å². The highest BCUT2D eigenvalue weighted by atomic mass is 16.6. The lowest BCUT2D eigenvalue weighted by molar-refractivity contribution is -0.134. The molecular formula is C20H32N2O3. The number of carbonyl (C=O) groups excluding carboxylic acids is 2. The summed E-state index contributed by atoms with van der Waals surface area (Å²) in [4.78, 5) is 26.1. The Kier molecular flexibility index (Phi) is 8.46. The van der Waals surface area contributed by atoms with Crippen LogP contribution in [0.1, 0.15) is 59.4 Å². The van der Waals surface area contributed by atoms with E-state index in [1.165, 1.54) is 0 Å². The van der Waals surface area contributed by atoms with Crippen LogP contribution in [0.2, 0.25) is 0 Å². The summed E-state index contributed by atoms with van der Waals surface area (Å²) in [5, 5.41) is 2.69. The second kappa shape index (κ2) is 10.1. The first kappa shape index (κ1) is 21.0. The number of nitrogens with one attached hydrogen (secondary N) is 1. The maximum absolute atomic E-state index is 12.6. The smallest absolute Gasteiger partial charge is 0.407 e. The van der Waals surface area contributed by atoms with Crippen molar-refractivity contribution in [3.8, 4) is 0 Å². The fourth-order valence-electron chi connectivity index (χ4n) is 2.38. The van der Waals surface area contributed by atoms with Crippen LogP contribution in [0.25, 0.3) is 0 Å². The molecule has 5 nitrogen and oxygen atoms in total. The van der Waals surface area contributed by atoms with E-state index >= 15 is 0 Å². The number of hydrogen-bond acceptors (Lipinski definition) is 3. The molecule has 0 heterocycles. The zero-order valence-corrected chi connectivity index (χ0v) is 16.2. The second-order valence-corrected chi connectivity index (χ2v) is 7.30. The van der Waals surface area contributed by atoms with Crippen LogP contribution in [0.5, 0.6) is 0 Å². The number of rotatable bonds is 8. The molecule has 25 heavy (non-hydrogen) atoms. The molecule has 0 aromatic heterocycles. The molecule has 2 amide bonds. The van der Waals surface area contributed by atoms with Gasteiger partial charge in [0.25, 0.3) is 0 Å². The first-order valence-corrected chi connectivity index (χ1v) is 9.03. The second-order valence-electron chi connectivity index (χ2n) is 7.30. The summed E-state index contributed by atoms with van der Waals surface area (Å²) in [6, 6.07) is 10.2. The largest absolute Gasteiger partial charge is 0.444 e. The van der Waals surface area contributed by atoms with Crippen molar-refractivity contribution in [1.29, 1.82) is 0 Å². The zero-order chi connectivity index (χ0) is 18.9. The summed E-state index contributed by atoms with van der Waals surface area (Å²) in [6.07, 6.45) is 1.48. The van der Waals surface area contributed by atoms with Gasteiger partial charge in [-0.05, 0) is 46.1 Å². The van der Waals surface area contributed by atoms with Crippen molar-refractivity contribution in [2.24, 2.45) is 0 Å². The van der Waals surface area contributed by atoms with Crippen molar-refractivity contribution >= 4 is 12.0 Å². The molecule has 1 aromatic rings. The van der Waals surface area contributed by atoms with Crippen LogP contribution < -0.4 is 5.32 Å². The van der Waals surface area contributed by atoms with Crippen molar-refractivity contribution < 1.29 is 14.3 Å². The molecule has 0 aliphatic rings. The van der Waals surface area contributed by atoms with E-state index in [9.17, 15) is 9.59 Å². The molecule has 1 aromatic carbocycles. The van der Waals surface area contributed by atoms with E-state index in [1.807, 2.05) is 56.0 Å². The molecule has 1 N–H and O–H groups in total. The molecule has 0 aliphatic carbocycles. The third kappa shape index (κ3) is 8.57. The predicted molar refractivity (Wildman–Crippen MR) is 100 cm³/mol. The summed E-state index contributed by atoms with van der Waals surface area (Å²) in [7, 11) is 0. The molecule has 0 aliphatic heterocycles. The minimum absolute atomic E-state index is 0.115. The van der Waals surface area contributed by atoms with Crippen LogP contribution in [-0.4, -0.2) is 35.1 Å². The zero-order valence-electron chi connectivity index (χ0n) is 16.2. The van der Waals surface area contributed by atoms with Gasteiger partial charge in [0.15, 0.2) is 0 Å². The number of amides is 2. The molecule has 1 rings (SSSR count). The van der Waals surface area contributed by atoms with Crippen molar-refractivity contribution in [3.05, 3.63) is 35.9 Å². The number of nitrogens with zero attached hydrogens (tertiary/aromatic N) is 1. The third-order valence-electron chi connectivity index (χ3n) is 3.87. The molecule has 1 unspecified atom stereocenters. The van der Waals surface area contributed by atoms with Gasteiger partial charge in [-0.1, -0.05) is 37.3 Å². The highest BCUT2D eigenvalue weighted by molar-refractivity contribution is 5.76. The van der Waals surface area contributed by atoms with Gasteiger partial charge in [-0.2, -0.15) is 0 Å². The summed E-state index contributed by atoms with van der Waals surface area (Å²) >= 11 is 0. The molecule has 0 saturated carbocycles. The van der Waals surface area contributed by atoms with Gasteiger partial charge in [0.05, 0.1) is 0 Å². The number of alkyl carbamates (subject to hydrolysis) is 1. The summed E-state index contributed by atoms with van der Waals surface area (Å²) < 4.78 is 5.18. The Morgan fingerprint density at radius 2 is 1.84 bits per heavy atom. The standard InChI is InChI=1S/C20H32N2O3/c1-6-16(2)22(15-17-11-8-7-9-12-17)18(23)13-10-14-21-19(24)25-20(3,4)5/h7-9,11-12,16H,6,10,13-15H2,1-5H3,(H,21,24). The lowest BCUT2D eigenvalue weighted by atomic mass is 10.1. The molecule has 5 heteroatoms. The average Bonchev–Trinajstić information content (AvgIpc) is 2.55. The summed E-state index contributed by atoms with van der Waals surface area (Å²) in [5.41, 5.74) is 0.617. The molecule has 0 radical (unpaired) electrons. The highest BCUT2D eigenvalue weighted by Gasteiger charge is 2.19. The molecular weight excluding hydrogens is 316 g/mol. The Morgan fingerprint density at radius 1 is 1.20 bits per heavy atom. The SMILES string of the molecule is CCC(C)N(Cc1ccccc1)C(=O)CCCNC(=O)OC(C)(C)C. The van der Waals surface area contributed by atoms with Crippen LogP contribution in [0.4, 0.5) is 4.79 Å². The summed E-state index contributed by atoms with van der Waals surface area (Å²) in [5.74, 6) is 0.115. The van der Waals surface area contributed by atoms with Crippen molar-refractivity contribution in [2.75, 3.05) is 6.54 Å². The van der Waals surface area contributed by atoms with Gasteiger partial charge >= 0.3 is 6.09 Å². The lowest BCUT2D eigenvalue weighted by Gasteiger charge is -2.29. The van der Waals surface area contributed by atoms with E-state index < -0.39 is 11.7 Å². The van der Waals surface area contributed by atoms with Crippen molar-refractivity contribution in [2.45, 2.75) is 72.1 Å². The number of hydrogen-bond donors (Lipinski definition) is 1. The molecule has 1 atom stereocenters. The minimum Gasteiger partial charge on any atom is -0.444 e. The van der Waals surface area contributed by atoms with Crippen molar-refractivity contribution in [3.63, 3.8) is 0 Å². The van der Waals surface area contributed by atoms with Gasteiger partial charge in [-0.3, -0.25) is 4.79 Å². The Hall–Kier alpha value is -2.04. The average molecular weight is 348 g/mol. The first-order chi connectivity index (χ1) is 11.7. The van der Waals surface area contributed by atoms with E-state index in [0.29, 0.717) is 25.9 Å². The van der Waals surface area contributed by atoms with Crippen LogP contribution in [0, 0.1) is 0 Å². The maximum atomic E-state index is 12.6. The van der Waals surface area contributed by atoms with Gasteiger partial charge < -0.3 is 15.0 Å². The maximum Gasteiger partial charge on any atom is 0.407 e. The number of ether oxygens (including phenoxy) is 1. The lowest BCUT2D eigenvalue weighted by Crippen LogP contribution is -2.38. The predicted octanol–water partition coefficient (Wildman–Crippen LogP) is 4.12. The van der Waals surface area contributed by atoms with Crippen molar-refractivity contribution in [1.82, 2.24) is 10.2 Å². The van der Waals surface area contributed by atoms with Gasteiger partial charge in [-0.15, -0.1) is 0 Å². The topological polar surface area (TPSA) is 58.6 Å². The molecule has 140 valence electrons. The minimum atomic E-state index is -0.511. The van der Waals surface area contributed by atoms with E-state index in [0.717, 1.165) is 12.0 Å². The Bertz CT molecular complexity index is 538. The first-order valence-electron chi connectivity index (χ1n) is 9.03. The third-order valence-corrected chi connectivity index (χ3v) is 3.87. The van der Waals surface area contributed by atoms with Crippen LogP contribution in [-0.2, 0) is 16.1 Å². The fourth-order valence-corrected chi connectivity index (χ4v) is 2.38. The fraction of sp³-hybridized carbons (Fsp3) is 0.600. The van der Waals surface area contributed by atoms with E-state index in [2.05, 4.69) is 19.2 Å². The van der Waals surface area contributed by atoms with E-state index in [1.54, 1.807) is 0 Å². The van der Waals surface area contributed by atoms with E-state index in [-0.39, 0.29) is 11.9 Å². The normalized spacial score (nSPS) is 12.4. The highest BCUT2D eigenvalue weighted by Crippen LogP contribution is 2.13. The van der Waals surface area contributed by atoms with E-state index in [4.69, 9.17) is 4.74 Å². The van der Waals surface area contributed by atoms with Gasteiger partial charge in [0.1, 0.15) is 5.60 Å². The molecule has 0 spiro atoms. The Morgan fingerprint density at radius 3 is 2.40 bits per heavy atom. The molecule has 0 saturated heterocycles. The van der Waals surface area contributed by atoms with Gasteiger partial charge in [0, 0.05) is 25.6 Å². The Balaban J connectivity index is 2.46.